The fourth-order valence-corrected chi connectivity index (χ4v) is 2.27. The van der Waals surface area contributed by atoms with E-state index in [-0.39, 0.29) is 5.69 Å². The summed E-state index contributed by atoms with van der Waals surface area (Å²) >= 11 is 3.38. The molecule has 0 aliphatic rings. The van der Waals surface area contributed by atoms with Gasteiger partial charge in [0.2, 0.25) is 0 Å². The van der Waals surface area contributed by atoms with Crippen LogP contribution in [0.5, 0.6) is 0 Å². The lowest BCUT2D eigenvalue weighted by molar-refractivity contribution is -0.384. The van der Waals surface area contributed by atoms with Crippen molar-refractivity contribution >= 4 is 27.3 Å². The van der Waals surface area contributed by atoms with Crippen molar-refractivity contribution in [2.24, 2.45) is 0 Å². The smallest absolute Gasteiger partial charge is 0.271 e. The first kappa shape index (κ1) is 14.5. The summed E-state index contributed by atoms with van der Waals surface area (Å²) in [5.74, 6) is 0. The van der Waals surface area contributed by atoms with Gasteiger partial charge in [-0.1, -0.05) is 0 Å². The van der Waals surface area contributed by atoms with Gasteiger partial charge in [0.25, 0.3) is 5.69 Å². The second kappa shape index (κ2) is 6.04. The summed E-state index contributed by atoms with van der Waals surface area (Å²) in [6.07, 6.45) is 3.57. The van der Waals surface area contributed by atoms with Crippen LogP contribution in [0.25, 0.3) is 0 Å². The van der Waals surface area contributed by atoms with Gasteiger partial charge in [-0.25, -0.2) is 4.98 Å². The monoisotopic (exact) mass is 338 g/mol. The predicted octanol–water partition coefficient (Wildman–Crippen LogP) is 3.75. The largest absolute Gasteiger partial charge is 0.378 e. The van der Waals surface area contributed by atoms with Crippen LogP contribution in [0.2, 0.25) is 0 Å². The highest BCUT2D eigenvalue weighted by Crippen LogP contribution is 2.27. The van der Waals surface area contributed by atoms with E-state index >= 15 is 0 Å². The number of non-ortho nitro benzene ring substituents is 1. The van der Waals surface area contributed by atoms with E-state index in [1.54, 1.807) is 18.6 Å². The number of hydrogen-bond donors (Lipinski definition) is 1. The molecule has 7 heteroatoms. The molecule has 0 fully saturated rings. The second-order valence-electron chi connectivity index (χ2n) is 4.66. The Bertz CT molecular complexity index is 625. The maximum Gasteiger partial charge on any atom is 0.271 e. The van der Waals surface area contributed by atoms with E-state index in [1.807, 2.05) is 0 Å². The molecular formula is C13H15BrN4O2. The highest BCUT2D eigenvalue weighted by atomic mass is 79.9. The van der Waals surface area contributed by atoms with Crippen LogP contribution in [0, 0.1) is 10.1 Å². The highest BCUT2D eigenvalue weighted by Gasteiger charge is 2.10. The number of anilines is 1. The maximum absolute atomic E-state index is 10.8. The lowest BCUT2D eigenvalue weighted by atomic mass is 10.2. The Balaban J connectivity index is 2.16. The van der Waals surface area contributed by atoms with Crippen molar-refractivity contribution in [1.29, 1.82) is 0 Å². The van der Waals surface area contributed by atoms with E-state index in [4.69, 9.17) is 0 Å². The van der Waals surface area contributed by atoms with Crippen LogP contribution in [-0.2, 0) is 6.54 Å². The summed E-state index contributed by atoms with van der Waals surface area (Å²) in [7, 11) is 0. The minimum atomic E-state index is -0.407. The van der Waals surface area contributed by atoms with Crippen LogP contribution < -0.4 is 5.32 Å². The molecule has 1 aromatic heterocycles. The van der Waals surface area contributed by atoms with Gasteiger partial charge < -0.3 is 9.88 Å². The summed E-state index contributed by atoms with van der Waals surface area (Å²) in [6.45, 7) is 4.71. The van der Waals surface area contributed by atoms with Gasteiger partial charge in [0, 0.05) is 28.8 Å². The van der Waals surface area contributed by atoms with E-state index in [0.717, 1.165) is 10.2 Å². The third-order valence-corrected chi connectivity index (χ3v) is 3.61. The molecule has 0 radical (unpaired) electrons. The van der Waals surface area contributed by atoms with Gasteiger partial charge in [0.05, 0.1) is 29.2 Å². The zero-order valence-electron chi connectivity index (χ0n) is 11.2. The second-order valence-corrected chi connectivity index (χ2v) is 5.52. The lowest BCUT2D eigenvalue weighted by Gasteiger charge is -2.13. The fourth-order valence-electron chi connectivity index (χ4n) is 1.88. The minimum absolute atomic E-state index is 0.0630. The molecular weight excluding hydrogens is 324 g/mol. The van der Waals surface area contributed by atoms with Crippen LogP contribution >= 0.6 is 15.9 Å². The number of halogens is 1. The van der Waals surface area contributed by atoms with Crippen molar-refractivity contribution in [3.63, 3.8) is 0 Å². The standard InChI is InChI=1S/C13H15BrN4O2/c1-9(2)17-8-15-6-11(17)7-16-13-5-10(18(19)20)3-4-12(13)14/h3-6,8-9,16H,7H2,1-2H3. The molecule has 2 aromatic rings. The number of nitro groups is 1. The van der Waals surface area contributed by atoms with Gasteiger partial charge in [0.15, 0.2) is 0 Å². The Morgan fingerprint density at radius 1 is 1.50 bits per heavy atom. The molecule has 0 aliphatic carbocycles. The van der Waals surface area contributed by atoms with Gasteiger partial charge in [0.1, 0.15) is 0 Å². The zero-order chi connectivity index (χ0) is 14.7. The summed E-state index contributed by atoms with van der Waals surface area (Å²) in [6, 6.07) is 4.97. The van der Waals surface area contributed by atoms with Crippen molar-refractivity contribution in [2.75, 3.05) is 5.32 Å². The fraction of sp³-hybridized carbons (Fsp3) is 0.308. The Labute approximate surface area is 125 Å². The minimum Gasteiger partial charge on any atom is -0.378 e. The average molecular weight is 339 g/mol. The number of nitrogens with zero attached hydrogens (tertiary/aromatic N) is 3. The number of nitrogens with one attached hydrogen (secondary N) is 1. The van der Waals surface area contributed by atoms with Crippen molar-refractivity contribution in [3.8, 4) is 0 Å². The highest BCUT2D eigenvalue weighted by molar-refractivity contribution is 9.10. The molecule has 0 bridgehead atoms. The molecule has 0 saturated heterocycles. The summed E-state index contributed by atoms with van der Waals surface area (Å²) < 4.78 is 2.84. The van der Waals surface area contributed by atoms with E-state index in [9.17, 15) is 10.1 Å². The topological polar surface area (TPSA) is 73.0 Å². The maximum atomic E-state index is 10.8. The molecule has 0 unspecified atom stereocenters. The average Bonchev–Trinajstić information content (AvgIpc) is 2.86. The number of benzene rings is 1. The van der Waals surface area contributed by atoms with E-state index in [0.29, 0.717) is 18.3 Å². The van der Waals surface area contributed by atoms with Gasteiger partial charge in [-0.3, -0.25) is 10.1 Å². The molecule has 20 heavy (non-hydrogen) atoms. The van der Waals surface area contributed by atoms with Gasteiger partial charge in [-0.2, -0.15) is 0 Å². The Hall–Kier alpha value is -1.89. The van der Waals surface area contributed by atoms with Crippen LogP contribution in [-0.4, -0.2) is 14.5 Å². The molecule has 6 nitrogen and oxygen atoms in total. The Morgan fingerprint density at radius 3 is 2.90 bits per heavy atom. The molecule has 0 amide bonds. The molecule has 1 aromatic carbocycles. The zero-order valence-corrected chi connectivity index (χ0v) is 12.8. The quantitative estimate of drug-likeness (QED) is 0.665. The van der Waals surface area contributed by atoms with E-state index < -0.39 is 4.92 Å². The summed E-state index contributed by atoms with van der Waals surface area (Å²) in [5.41, 5.74) is 1.78. The number of imidazole rings is 1. The van der Waals surface area contributed by atoms with Crippen molar-refractivity contribution in [3.05, 3.63) is 51.0 Å². The molecule has 0 saturated carbocycles. The van der Waals surface area contributed by atoms with Crippen molar-refractivity contribution < 1.29 is 4.92 Å². The molecule has 1 N–H and O–H groups in total. The number of rotatable bonds is 5. The van der Waals surface area contributed by atoms with Gasteiger partial charge >= 0.3 is 0 Å². The molecule has 0 spiro atoms. The van der Waals surface area contributed by atoms with Crippen LogP contribution in [0.15, 0.2) is 35.2 Å². The first-order valence-electron chi connectivity index (χ1n) is 6.17. The third kappa shape index (κ3) is 3.16. The van der Waals surface area contributed by atoms with Crippen LogP contribution in [0.4, 0.5) is 11.4 Å². The number of nitro benzene ring substituents is 1. The Morgan fingerprint density at radius 2 is 2.25 bits per heavy atom. The molecule has 0 aliphatic heterocycles. The third-order valence-electron chi connectivity index (χ3n) is 2.92. The number of hydrogen-bond acceptors (Lipinski definition) is 4. The lowest BCUT2D eigenvalue weighted by Crippen LogP contribution is -2.09. The van der Waals surface area contributed by atoms with Crippen LogP contribution in [0.3, 0.4) is 0 Å². The molecule has 0 atom stereocenters. The summed E-state index contributed by atoms with van der Waals surface area (Å²) in [4.78, 5) is 14.5. The molecule has 1 heterocycles. The molecule has 2 rings (SSSR count). The van der Waals surface area contributed by atoms with E-state index in [2.05, 4.69) is 44.6 Å². The first-order chi connectivity index (χ1) is 9.49. The van der Waals surface area contributed by atoms with Crippen molar-refractivity contribution in [2.45, 2.75) is 26.4 Å². The van der Waals surface area contributed by atoms with Crippen molar-refractivity contribution in [1.82, 2.24) is 9.55 Å². The number of aromatic nitrogens is 2. The SMILES string of the molecule is CC(C)n1cncc1CNc1cc([N+](=O)[O-])ccc1Br. The van der Waals surface area contributed by atoms with Gasteiger partial charge in [-0.15, -0.1) is 0 Å². The van der Waals surface area contributed by atoms with Crippen LogP contribution in [0.1, 0.15) is 25.6 Å². The van der Waals surface area contributed by atoms with E-state index in [1.165, 1.54) is 12.1 Å². The first-order valence-corrected chi connectivity index (χ1v) is 6.97. The normalized spacial score (nSPS) is 10.8. The van der Waals surface area contributed by atoms with Gasteiger partial charge in [-0.05, 0) is 35.8 Å². The predicted molar refractivity (Wildman–Crippen MR) is 80.7 cm³/mol. The Kier molecular flexibility index (Phi) is 4.39. The molecule has 106 valence electrons. The summed E-state index contributed by atoms with van der Waals surface area (Å²) in [5, 5.41) is 14.0.